The van der Waals surface area contributed by atoms with E-state index < -0.39 is 0 Å². The highest BCUT2D eigenvalue weighted by Gasteiger charge is 2.14. The monoisotopic (exact) mass is 296 g/mol. The molecular formula is C16H32N4O. The summed E-state index contributed by atoms with van der Waals surface area (Å²) >= 11 is 0. The molecule has 0 bridgehead atoms. The molecule has 1 saturated carbocycles. The van der Waals surface area contributed by atoms with Crippen molar-refractivity contribution in [3.63, 3.8) is 0 Å². The summed E-state index contributed by atoms with van der Waals surface area (Å²) in [5, 5.41) is 6.73. The second kappa shape index (κ2) is 9.64. The normalized spacial score (nSPS) is 16.9. The minimum Gasteiger partial charge on any atom is -0.356 e. The molecule has 0 spiro atoms. The summed E-state index contributed by atoms with van der Waals surface area (Å²) in [5.41, 5.74) is 0. The zero-order chi connectivity index (χ0) is 15.7. The lowest BCUT2D eigenvalue weighted by Crippen LogP contribution is -2.42. The number of hydrogen-bond acceptors (Lipinski definition) is 2. The zero-order valence-electron chi connectivity index (χ0n) is 14.1. The van der Waals surface area contributed by atoms with Gasteiger partial charge in [-0.25, -0.2) is 4.99 Å². The molecule has 1 fully saturated rings. The molecule has 1 aliphatic rings. The second-order valence-electron chi connectivity index (χ2n) is 6.61. The summed E-state index contributed by atoms with van der Waals surface area (Å²) in [7, 11) is 3.52. The van der Waals surface area contributed by atoms with Crippen LogP contribution in [0.1, 0.15) is 46.0 Å². The van der Waals surface area contributed by atoms with Crippen molar-refractivity contribution in [2.24, 2.45) is 16.8 Å². The third-order valence-corrected chi connectivity index (χ3v) is 3.83. The van der Waals surface area contributed by atoms with Crippen LogP contribution in [-0.4, -0.2) is 50.5 Å². The molecule has 2 N–H and O–H groups in total. The first-order valence-electron chi connectivity index (χ1n) is 8.21. The van der Waals surface area contributed by atoms with Crippen LogP contribution in [0.25, 0.3) is 0 Å². The van der Waals surface area contributed by atoms with E-state index in [1.54, 1.807) is 19.0 Å². The minimum atomic E-state index is 0.0262. The number of amides is 1. The number of carbonyl (C=O) groups is 1. The number of nitrogens with one attached hydrogen (secondary N) is 2. The van der Waals surface area contributed by atoms with Crippen LogP contribution in [0.2, 0.25) is 0 Å². The lowest BCUT2D eigenvalue weighted by molar-refractivity contribution is -0.127. The van der Waals surface area contributed by atoms with Gasteiger partial charge in [0.25, 0.3) is 0 Å². The molecule has 0 saturated heterocycles. The number of likely N-dealkylation sites (N-methyl/N-ethyl adjacent to an activating group) is 1. The molecule has 5 nitrogen and oxygen atoms in total. The van der Waals surface area contributed by atoms with Crippen molar-refractivity contribution in [1.82, 2.24) is 15.5 Å². The van der Waals surface area contributed by atoms with Gasteiger partial charge in [0.05, 0.1) is 0 Å². The van der Waals surface area contributed by atoms with Crippen molar-refractivity contribution in [3.05, 3.63) is 0 Å². The number of hydrogen-bond donors (Lipinski definition) is 2. The molecule has 1 aliphatic carbocycles. The first-order chi connectivity index (χ1) is 9.99. The van der Waals surface area contributed by atoms with E-state index in [2.05, 4.69) is 29.5 Å². The van der Waals surface area contributed by atoms with Crippen molar-refractivity contribution >= 4 is 11.9 Å². The SMILES string of the molecule is CC(C)CNC(=NCC(=O)N(C)C)NCC1CCCCC1. The van der Waals surface area contributed by atoms with Gasteiger partial charge >= 0.3 is 0 Å². The number of carbonyl (C=O) groups excluding carboxylic acids is 1. The fourth-order valence-corrected chi connectivity index (χ4v) is 2.40. The van der Waals surface area contributed by atoms with Crippen molar-refractivity contribution in [2.45, 2.75) is 46.0 Å². The van der Waals surface area contributed by atoms with Crippen LogP contribution in [0.4, 0.5) is 0 Å². The second-order valence-corrected chi connectivity index (χ2v) is 6.61. The Morgan fingerprint density at radius 2 is 1.86 bits per heavy atom. The van der Waals surface area contributed by atoms with E-state index in [1.807, 2.05) is 0 Å². The molecule has 21 heavy (non-hydrogen) atoms. The summed E-state index contributed by atoms with van der Waals surface area (Å²) < 4.78 is 0. The average molecular weight is 296 g/mol. The molecule has 0 radical (unpaired) electrons. The van der Waals surface area contributed by atoms with E-state index in [1.165, 1.54) is 32.1 Å². The number of guanidine groups is 1. The fraction of sp³-hybridized carbons (Fsp3) is 0.875. The molecule has 0 aromatic heterocycles. The summed E-state index contributed by atoms with van der Waals surface area (Å²) in [6, 6.07) is 0. The third kappa shape index (κ3) is 7.93. The van der Waals surface area contributed by atoms with E-state index in [9.17, 15) is 4.79 Å². The number of aliphatic imine (C=N–C) groups is 1. The van der Waals surface area contributed by atoms with Crippen LogP contribution in [-0.2, 0) is 4.79 Å². The van der Waals surface area contributed by atoms with Crippen molar-refractivity contribution in [2.75, 3.05) is 33.7 Å². The topological polar surface area (TPSA) is 56.7 Å². The molecule has 1 amide bonds. The minimum absolute atomic E-state index is 0.0262. The Hall–Kier alpha value is -1.26. The maximum Gasteiger partial charge on any atom is 0.243 e. The summed E-state index contributed by atoms with van der Waals surface area (Å²) in [5.74, 6) is 2.09. The fourth-order valence-electron chi connectivity index (χ4n) is 2.40. The predicted molar refractivity (Wildman–Crippen MR) is 88.4 cm³/mol. The van der Waals surface area contributed by atoms with E-state index in [0.717, 1.165) is 25.0 Å². The quantitative estimate of drug-likeness (QED) is 0.581. The van der Waals surface area contributed by atoms with Gasteiger partial charge in [0, 0.05) is 27.2 Å². The standard InChI is InChI=1S/C16H32N4O/c1-13(2)10-17-16(19-12-15(21)20(3)4)18-11-14-8-6-5-7-9-14/h13-14H,5-12H2,1-4H3,(H2,17,18,19). The Kier molecular flexibility index (Phi) is 8.16. The van der Waals surface area contributed by atoms with Gasteiger partial charge < -0.3 is 15.5 Å². The Balaban J connectivity index is 2.45. The van der Waals surface area contributed by atoms with Gasteiger partial charge in [-0.15, -0.1) is 0 Å². The lowest BCUT2D eigenvalue weighted by atomic mass is 9.89. The van der Waals surface area contributed by atoms with Crippen LogP contribution in [0.15, 0.2) is 4.99 Å². The maximum absolute atomic E-state index is 11.7. The predicted octanol–water partition coefficient (Wildman–Crippen LogP) is 1.85. The first-order valence-corrected chi connectivity index (χ1v) is 8.21. The van der Waals surface area contributed by atoms with Gasteiger partial charge in [-0.1, -0.05) is 33.1 Å². The van der Waals surface area contributed by atoms with Crippen molar-refractivity contribution in [1.29, 1.82) is 0 Å². The molecule has 1 rings (SSSR count). The maximum atomic E-state index is 11.7. The molecular weight excluding hydrogens is 264 g/mol. The molecule has 5 heteroatoms. The van der Waals surface area contributed by atoms with E-state index in [-0.39, 0.29) is 12.5 Å². The van der Waals surface area contributed by atoms with Crippen LogP contribution >= 0.6 is 0 Å². The Morgan fingerprint density at radius 3 is 2.43 bits per heavy atom. The molecule has 0 aromatic rings. The molecule has 122 valence electrons. The highest BCUT2D eigenvalue weighted by atomic mass is 16.2. The summed E-state index contributed by atoms with van der Waals surface area (Å²) in [4.78, 5) is 17.6. The average Bonchev–Trinajstić information content (AvgIpc) is 2.46. The molecule has 0 atom stereocenters. The smallest absolute Gasteiger partial charge is 0.243 e. The van der Waals surface area contributed by atoms with Gasteiger partial charge in [0.1, 0.15) is 6.54 Å². The highest BCUT2D eigenvalue weighted by molar-refractivity contribution is 5.84. The Morgan fingerprint density at radius 1 is 1.19 bits per heavy atom. The largest absolute Gasteiger partial charge is 0.356 e. The molecule has 0 aliphatic heterocycles. The van der Waals surface area contributed by atoms with Gasteiger partial charge in [-0.05, 0) is 24.7 Å². The Bertz CT molecular complexity index is 333. The van der Waals surface area contributed by atoms with Gasteiger partial charge in [0.15, 0.2) is 5.96 Å². The van der Waals surface area contributed by atoms with Crippen LogP contribution in [0.3, 0.4) is 0 Å². The van der Waals surface area contributed by atoms with Crippen molar-refractivity contribution < 1.29 is 4.79 Å². The van der Waals surface area contributed by atoms with Gasteiger partial charge in [-0.3, -0.25) is 4.79 Å². The number of rotatable bonds is 6. The molecule has 0 unspecified atom stereocenters. The highest BCUT2D eigenvalue weighted by Crippen LogP contribution is 2.22. The van der Waals surface area contributed by atoms with E-state index in [4.69, 9.17) is 0 Å². The number of nitrogens with zero attached hydrogens (tertiary/aromatic N) is 2. The summed E-state index contributed by atoms with van der Waals surface area (Å²) in [6.45, 7) is 6.35. The van der Waals surface area contributed by atoms with E-state index in [0.29, 0.717) is 5.92 Å². The van der Waals surface area contributed by atoms with Crippen LogP contribution in [0, 0.1) is 11.8 Å². The van der Waals surface area contributed by atoms with E-state index >= 15 is 0 Å². The van der Waals surface area contributed by atoms with Crippen LogP contribution in [0.5, 0.6) is 0 Å². The van der Waals surface area contributed by atoms with Gasteiger partial charge in [0.2, 0.25) is 5.91 Å². The first kappa shape index (κ1) is 17.8. The molecule has 0 heterocycles. The third-order valence-electron chi connectivity index (χ3n) is 3.83. The van der Waals surface area contributed by atoms with Crippen molar-refractivity contribution in [3.8, 4) is 0 Å². The van der Waals surface area contributed by atoms with Crippen LogP contribution < -0.4 is 10.6 Å². The molecule has 0 aromatic carbocycles. The Labute approximate surface area is 129 Å². The zero-order valence-corrected chi connectivity index (χ0v) is 14.1. The summed E-state index contributed by atoms with van der Waals surface area (Å²) in [6.07, 6.45) is 6.68. The van der Waals surface area contributed by atoms with Gasteiger partial charge in [-0.2, -0.15) is 0 Å². The lowest BCUT2D eigenvalue weighted by Gasteiger charge is -2.23.